The van der Waals surface area contributed by atoms with Crippen LogP contribution in [0.3, 0.4) is 0 Å². The van der Waals surface area contributed by atoms with E-state index in [2.05, 4.69) is 179 Å². The van der Waals surface area contributed by atoms with Gasteiger partial charge in [-0.15, -0.1) is 0 Å². The van der Waals surface area contributed by atoms with Crippen molar-refractivity contribution in [2.45, 2.75) is 0 Å². The van der Waals surface area contributed by atoms with E-state index >= 15 is 0 Å². The summed E-state index contributed by atoms with van der Waals surface area (Å²) in [5.74, 6) is 3.15. The van der Waals surface area contributed by atoms with Crippen molar-refractivity contribution in [2.75, 3.05) is 0 Å². The molecular formula is C88H50N12. The van der Waals surface area contributed by atoms with Gasteiger partial charge in [0.15, 0.2) is 34.9 Å². The van der Waals surface area contributed by atoms with Gasteiger partial charge in [0, 0.05) is 66.1 Å². The number of fused-ring (bicyclic) bond motifs is 6. The summed E-state index contributed by atoms with van der Waals surface area (Å²) in [6.45, 7) is 0. The Hall–Kier alpha value is -14.6. The summed E-state index contributed by atoms with van der Waals surface area (Å²) in [7, 11) is 0. The van der Waals surface area contributed by atoms with E-state index < -0.39 is 0 Å². The lowest BCUT2D eigenvalue weighted by molar-refractivity contribution is 1.07. The number of hydrogen-bond donors (Lipinski definition) is 0. The maximum atomic E-state index is 10.1. The molecule has 0 saturated carbocycles. The molecular weight excluding hydrogens is 1230 g/mol. The van der Waals surface area contributed by atoms with E-state index in [-0.39, 0.29) is 0 Å². The fraction of sp³-hybridized carbons (Fsp3) is 0. The summed E-state index contributed by atoms with van der Waals surface area (Å²) < 4.78 is 4.63. The van der Waals surface area contributed by atoms with Crippen LogP contribution in [0.5, 0.6) is 0 Å². The predicted molar refractivity (Wildman–Crippen MR) is 395 cm³/mol. The molecule has 0 spiro atoms. The lowest BCUT2D eigenvalue weighted by atomic mass is 9.94. The van der Waals surface area contributed by atoms with Gasteiger partial charge in [0.2, 0.25) is 0 Å². The van der Waals surface area contributed by atoms with Gasteiger partial charge < -0.3 is 9.13 Å². The van der Waals surface area contributed by atoms with E-state index in [0.717, 1.165) is 133 Å². The molecule has 100 heavy (non-hydrogen) atoms. The predicted octanol–water partition coefficient (Wildman–Crippen LogP) is 20.4. The lowest BCUT2D eigenvalue weighted by Crippen LogP contribution is -2.02. The molecule has 0 aliphatic heterocycles. The largest absolute Gasteiger partial charge is 0.309 e. The van der Waals surface area contributed by atoms with Crippen LogP contribution in [0.15, 0.2) is 303 Å². The first-order valence-corrected chi connectivity index (χ1v) is 32.5. The van der Waals surface area contributed by atoms with Gasteiger partial charge in [0.25, 0.3) is 0 Å². The van der Waals surface area contributed by atoms with Crippen molar-refractivity contribution in [1.29, 1.82) is 21.0 Å². The summed E-state index contributed by atoms with van der Waals surface area (Å²) in [5.41, 5.74) is 19.0. The lowest BCUT2D eigenvalue weighted by Gasteiger charge is -2.19. The molecule has 0 N–H and O–H groups in total. The van der Waals surface area contributed by atoms with Crippen molar-refractivity contribution in [3.63, 3.8) is 0 Å². The molecule has 0 aliphatic carbocycles. The molecule has 0 atom stereocenters. The minimum Gasteiger partial charge on any atom is -0.309 e. The highest BCUT2D eigenvalue weighted by molar-refractivity contribution is 6.12. The second-order valence-electron chi connectivity index (χ2n) is 24.3. The van der Waals surface area contributed by atoms with Crippen molar-refractivity contribution >= 4 is 43.6 Å². The maximum absolute atomic E-state index is 10.1. The van der Waals surface area contributed by atoms with Gasteiger partial charge in [-0.1, -0.05) is 188 Å². The monoisotopic (exact) mass is 1270 g/mol. The highest BCUT2D eigenvalue weighted by atomic mass is 15.0. The molecule has 4 aromatic heterocycles. The summed E-state index contributed by atoms with van der Waals surface area (Å²) in [5, 5.41) is 44.2. The fourth-order valence-electron chi connectivity index (χ4n) is 13.6. The van der Waals surface area contributed by atoms with E-state index in [4.69, 9.17) is 29.9 Å². The minimum absolute atomic E-state index is 0.410. The van der Waals surface area contributed by atoms with Crippen LogP contribution in [0.4, 0.5) is 0 Å². The zero-order chi connectivity index (χ0) is 67.2. The molecule has 4 heterocycles. The normalized spacial score (nSPS) is 11.2. The number of aromatic nitrogens is 8. The van der Waals surface area contributed by atoms with Crippen molar-refractivity contribution in [3.8, 4) is 148 Å². The first kappa shape index (κ1) is 59.2. The number of nitriles is 4. The molecule has 462 valence electrons. The van der Waals surface area contributed by atoms with Crippen LogP contribution in [-0.2, 0) is 0 Å². The Morgan fingerprint density at radius 1 is 0.200 bits per heavy atom. The van der Waals surface area contributed by atoms with Crippen LogP contribution in [0.2, 0.25) is 0 Å². The standard InChI is InChI=1S/C88H50N12/c89-51-55-40-56(52-90)43-69(42-55)63-32-36-81-75(47-63)71-28-13-15-30-77(71)99(81)79-38-34-67(87-95-83(59-18-5-1-6-19-59)93-84(96-87)60-20-7-2-8-21-60)49-73(79)65-26-17-27-66(46-65)74-50-68(88-97-85(61-22-9-3-10-23-61)94-86(98-88)62-24-11-4-12-25-62)35-39-80(74)100-78-31-16-14-29-72(78)76-48-64(33-37-82(76)100)70-44-57(53-91)41-58(45-70)54-92/h1-50H. The van der Waals surface area contributed by atoms with Crippen LogP contribution in [0.25, 0.3) is 168 Å². The average Bonchev–Trinajstić information content (AvgIpc) is 1.55. The summed E-state index contributed by atoms with van der Waals surface area (Å²) in [6.07, 6.45) is 0. The van der Waals surface area contributed by atoms with E-state index in [1.54, 1.807) is 12.1 Å². The topological polar surface area (TPSA) is 182 Å². The Morgan fingerprint density at radius 2 is 0.490 bits per heavy atom. The molecule has 0 radical (unpaired) electrons. The average molecular weight is 1280 g/mol. The Bertz CT molecular complexity index is 5770. The molecule has 17 rings (SSSR count). The van der Waals surface area contributed by atoms with Crippen molar-refractivity contribution in [2.24, 2.45) is 0 Å². The Morgan fingerprint density at radius 3 is 0.830 bits per heavy atom. The zero-order valence-electron chi connectivity index (χ0n) is 53.2. The quantitative estimate of drug-likeness (QED) is 0.114. The molecule has 0 unspecified atom stereocenters. The zero-order valence-corrected chi connectivity index (χ0v) is 53.2. The van der Waals surface area contributed by atoms with Gasteiger partial charge in [-0.2, -0.15) is 21.0 Å². The van der Waals surface area contributed by atoms with Gasteiger partial charge in [0.05, 0.1) is 80.0 Å². The van der Waals surface area contributed by atoms with Crippen LogP contribution >= 0.6 is 0 Å². The number of rotatable bonds is 12. The third-order valence-electron chi connectivity index (χ3n) is 18.3. The molecule has 12 nitrogen and oxygen atoms in total. The van der Waals surface area contributed by atoms with Gasteiger partial charge in [-0.25, -0.2) is 29.9 Å². The van der Waals surface area contributed by atoms with E-state index in [0.29, 0.717) is 57.2 Å². The van der Waals surface area contributed by atoms with Crippen LogP contribution < -0.4 is 0 Å². The molecule has 17 aromatic rings. The van der Waals surface area contributed by atoms with Gasteiger partial charge in [-0.05, 0) is 149 Å². The summed E-state index contributed by atoms with van der Waals surface area (Å²) in [6, 6.07) is 110. The Labute approximate surface area is 574 Å². The number of benzene rings is 13. The highest BCUT2D eigenvalue weighted by Gasteiger charge is 2.24. The third kappa shape index (κ3) is 10.8. The van der Waals surface area contributed by atoms with E-state index in [1.807, 2.05) is 146 Å². The number of hydrogen-bond acceptors (Lipinski definition) is 10. The SMILES string of the molecule is N#Cc1cc(C#N)cc(-c2ccc3c(c2)c2ccccc2n3-c2ccc(-c3nc(-c4ccccc4)nc(-c4ccccc4)n3)cc2-c2cccc(-c3cc(-c4nc(-c5ccccc5)nc(-c5ccccc5)n4)ccc3-n3c4ccccc4c4cc(-c5cc(C#N)cc(C#N)c5)ccc43)c2)c1. The number of nitrogens with zero attached hydrogens (tertiary/aromatic N) is 12. The van der Waals surface area contributed by atoms with Gasteiger partial charge >= 0.3 is 0 Å². The van der Waals surface area contributed by atoms with E-state index in [9.17, 15) is 21.0 Å². The molecule has 12 heteroatoms. The van der Waals surface area contributed by atoms with Crippen molar-refractivity contribution in [1.82, 2.24) is 39.0 Å². The van der Waals surface area contributed by atoms with Crippen molar-refractivity contribution < 1.29 is 0 Å². The molecule has 0 bridgehead atoms. The van der Waals surface area contributed by atoms with Crippen LogP contribution in [0, 0.1) is 45.3 Å². The Kier molecular flexibility index (Phi) is 14.8. The first-order valence-electron chi connectivity index (χ1n) is 32.5. The molecule has 13 aromatic carbocycles. The van der Waals surface area contributed by atoms with Crippen molar-refractivity contribution in [3.05, 3.63) is 326 Å². The first-order chi connectivity index (χ1) is 49.3. The van der Waals surface area contributed by atoms with Gasteiger partial charge in [-0.3, -0.25) is 0 Å². The van der Waals surface area contributed by atoms with Crippen LogP contribution in [0.1, 0.15) is 22.3 Å². The summed E-state index contributed by atoms with van der Waals surface area (Å²) >= 11 is 0. The van der Waals surface area contributed by atoms with Crippen LogP contribution in [-0.4, -0.2) is 39.0 Å². The maximum Gasteiger partial charge on any atom is 0.164 e. The second-order valence-corrected chi connectivity index (χ2v) is 24.3. The second kappa shape index (κ2) is 25.0. The fourth-order valence-corrected chi connectivity index (χ4v) is 13.6. The Balaban J connectivity index is 0.917. The minimum atomic E-state index is 0.410. The molecule has 0 saturated heterocycles. The van der Waals surface area contributed by atoms with Gasteiger partial charge in [0.1, 0.15) is 0 Å². The highest BCUT2D eigenvalue weighted by Crippen LogP contribution is 2.44. The number of para-hydroxylation sites is 2. The smallest absolute Gasteiger partial charge is 0.164 e. The molecule has 0 amide bonds. The molecule has 0 aliphatic rings. The molecule has 0 fully saturated rings. The third-order valence-corrected chi connectivity index (χ3v) is 18.3. The summed E-state index contributed by atoms with van der Waals surface area (Å²) in [4.78, 5) is 31.2. The van der Waals surface area contributed by atoms with E-state index in [1.165, 1.54) is 0 Å².